The van der Waals surface area contributed by atoms with E-state index in [1.165, 1.54) is 13.1 Å². The van der Waals surface area contributed by atoms with Crippen molar-refractivity contribution in [3.63, 3.8) is 0 Å². The lowest BCUT2D eigenvalue weighted by atomic mass is 10.2. The Bertz CT molecular complexity index is 141. The minimum atomic E-state index is 0.331. The summed E-state index contributed by atoms with van der Waals surface area (Å²) in [5.74, 6) is 0. The van der Waals surface area contributed by atoms with Gasteiger partial charge in [0.25, 0.3) is 0 Å². The fraction of sp³-hybridized carbons (Fsp3) is 1.00. The molecule has 1 aliphatic heterocycles. The van der Waals surface area contributed by atoms with Crippen LogP contribution in [-0.2, 0) is 0 Å². The molecule has 0 aromatic heterocycles. The average molecular weight is 200 g/mol. The van der Waals surface area contributed by atoms with E-state index in [4.69, 9.17) is 11.5 Å². The standard InChI is InChI=1S/C10H24N4/c1-10(12)2-4-13-6-8-14(5-3-11)9-7-13/h10H,2-9,11-12H2,1H3. The smallest absolute Gasteiger partial charge is 0.0110 e. The molecule has 0 radical (unpaired) electrons. The van der Waals surface area contributed by atoms with E-state index in [0.29, 0.717) is 6.04 Å². The predicted octanol–water partition coefficient (Wildman–Crippen LogP) is -0.700. The second-order valence-electron chi connectivity index (χ2n) is 4.24. The number of nitrogens with two attached hydrogens (primary N) is 2. The van der Waals surface area contributed by atoms with Crippen LogP contribution in [0.15, 0.2) is 0 Å². The van der Waals surface area contributed by atoms with E-state index in [2.05, 4.69) is 16.7 Å². The average Bonchev–Trinajstić information content (AvgIpc) is 2.17. The first-order chi connectivity index (χ1) is 6.72. The van der Waals surface area contributed by atoms with Gasteiger partial charge in [0.15, 0.2) is 0 Å². The molecule has 4 nitrogen and oxygen atoms in total. The van der Waals surface area contributed by atoms with Crippen LogP contribution in [0.3, 0.4) is 0 Å². The van der Waals surface area contributed by atoms with Crippen molar-refractivity contribution >= 4 is 0 Å². The van der Waals surface area contributed by atoms with Crippen molar-refractivity contribution in [2.24, 2.45) is 11.5 Å². The van der Waals surface area contributed by atoms with Gasteiger partial charge in [0.1, 0.15) is 0 Å². The molecule has 0 aromatic carbocycles. The van der Waals surface area contributed by atoms with Crippen LogP contribution in [0.4, 0.5) is 0 Å². The molecule has 0 aliphatic carbocycles. The zero-order valence-corrected chi connectivity index (χ0v) is 9.28. The SMILES string of the molecule is CC(N)CCN1CCN(CCN)CC1. The second kappa shape index (κ2) is 6.35. The lowest BCUT2D eigenvalue weighted by molar-refractivity contribution is 0.132. The zero-order valence-electron chi connectivity index (χ0n) is 9.28. The molecule has 1 saturated heterocycles. The van der Waals surface area contributed by atoms with Gasteiger partial charge in [-0.2, -0.15) is 0 Å². The number of nitrogens with zero attached hydrogens (tertiary/aromatic N) is 2. The molecule has 0 saturated carbocycles. The molecule has 0 aromatic rings. The minimum Gasteiger partial charge on any atom is -0.329 e. The summed E-state index contributed by atoms with van der Waals surface area (Å²) in [6.07, 6.45) is 1.11. The van der Waals surface area contributed by atoms with E-state index in [-0.39, 0.29) is 0 Å². The molecule has 1 unspecified atom stereocenters. The summed E-state index contributed by atoms with van der Waals surface area (Å²) in [5, 5.41) is 0. The molecule has 1 rings (SSSR count). The molecule has 4 heteroatoms. The molecule has 0 spiro atoms. The Kier molecular flexibility index (Phi) is 5.40. The van der Waals surface area contributed by atoms with Gasteiger partial charge in [0.05, 0.1) is 0 Å². The Hall–Kier alpha value is -0.160. The molecule has 14 heavy (non-hydrogen) atoms. The van der Waals surface area contributed by atoms with Crippen molar-refractivity contribution in [3.8, 4) is 0 Å². The predicted molar refractivity (Wildman–Crippen MR) is 60.2 cm³/mol. The quantitative estimate of drug-likeness (QED) is 0.616. The molecule has 4 N–H and O–H groups in total. The van der Waals surface area contributed by atoms with Gasteiger partial charge in [0.2, 0.25) is 0 Å². The summed E-state index contributed by atoms with van der Waals surface area (Å²) in [7, 11) is 0. The van der Waals surface area contributed by atoms with Crippen LogP contribution < -0.4 is 11.5 Å². The molecule has 1 fully saturated rings. The van der Waals surface area contributed by atoms with Gasteiger partial charge in [-0.05, 0) is 19.9 Å². The van der Waals surface area contributed by atoms with Crippen LogP contribution in [-0.4, -0.2) is 61.7 Å². The third kappa shape index (κ3) is 4.37. The molecule has 1 aliphatic rings. The van der Waals surface area contributed by atoms with Crippen LogP contribution in [0.2, 0.25) is 0 Å². The van der Waals surface area contributed by atoms with Crippen molar-refractivity contribution in [1.29, 1.82) is 0 Å². The highest BCUT2D eigenvalue weighted by molar-refractivity contribution is 4.72. The highest BCUT2D eigenvalue weighted by Crippen LogP contribution is 2.02. The first kappa shape index (κ1) is 11.9. The van der Waals surface area contributed by atoms with Crippen LogP contribution in [0.25, 0.3) is 0 Å². The second-order valence-corrected chi connectivity index (χ2v) is 4.24. The minimum absolute atomic E-state index is 0.331. The topological polar surface area (TPSA) is 58.5 Å². The first-order valence-electron chi connectivity index (χ1n) is 5.62. The number of rotatable bonds is 5. The van der Waals surface area contributed by atoms with Crippen LogP contribution in [0.1, 0.15) is 13.3 Å². The van der Waals surface area contributed by atoms with E-state index >= 15 is 0 Å². The summed E-state index contributed by atoms with van der Waals surface area (Å²) in [4.78, 5) is 4.93. The monoisotopic (exact) mass is 200 g/mol. The van der Waals surface area contributed by atoms with E-state index in [9.17, 15) is 0 Å². The summed E-state index contributed by atoms with van der Waals surface area (Å²) < 4.78 is 0. The summed E-state index contributed by atoms with van der Waals surface area (Å²) >= 11 is 0. The number of hydrogen-bond acceptors (Lipinski definition) is 4. The Morgan fingerprint density at radius 1 is 1.07 bits per heavy atom. The molecule has 84 valence electrons. The zero-order chi connectivity index (χ0) is 10.4. The Balaban J connectivity index is 2.09. The normalized spacial score (nSPS) is 22.5. The van der Waals surface area contributed by atoms with Crippen LogP contribution >= 0.6 is 0 Å². The Labute approximate surface area is 87.2 Å². The van der Waals surface area contributed by atoms with Gasteiger partial charge in [0, 0.05) is 45.3 Å². The van der Waals surface area contributed by atoms with Gasteiger partial charge in [-0.25, -0.2) is 0 Å². The Morgan fingerprint density at radius 3 is 2.00 bits per heavy atom. The van der Waals surface area contributed by atoms with Gasteiger partial charge in [-0.1, -0.05) is 0 Å². The molecule has 0 bridgehead atoms. The maximum atomic E-state index is 5.73. The maximum absolute atomic E-state index is 5.73. The fourth-order valence-electron chi connectivity index (χ4n) is 1.81. The third-order valence-corrected chi connectivity index (χ3v) is 2.81. The van der Waals surface area contributed by atoms with Crippen molar-refractivity contribution in [3.05, 3.63) is 0 Å². The lowest BCUT2D eigenvalue weighted by Crippen LogP contribution is -2.48. The molecular formula is C10H24N4. The molecule has 0 amide bonds. The van der Waals surface area contributed by atoms with Crippen LogP contribution in [0, 0.1) is 0 Å². The summed E-state index contributed by atoms with van der Waals surface area (Å²) in [6.45, 7) is 9.71. The van der Waals surface area contributed by atoms with E-state index in [1.807, 2.05) is 0 Å². The van der Waals surface area contributed by atoms with E-state index < -0.39 is 0 Å². The van der Waals surface area contributed by atoms with Gasteiger partial charge >= 0.3 is 0 Å². The highest BCUT2D eigenvalue weighted by atomic mass is 15.3. The Morgan fingerprint density at radius 2 is 1.57 bits per heavy atom. The van der Waals surface area contributed by atoms with Crippen molar-refractivity contribution in [2.45, 2.75) is 19.4 Å². The molecular weight excluding hydrogens is 176 g/mol. The number of hydrogen-bond donors (Lipinski definition) is 2. The van der Waals surface area contributed by atoms with Crippen molar-refractivity contribution in [1.82, 2.24) is 9.80 Å². The van der Waals surface area contributed by atoms with Crippen LogP contribution in [0.5, 0.6) is 0 Å². The van der Waals surface area contributed by atoms with E-state index in [0.717, 1.165) is 39.1 Å². The maximum Gasteiger partial charge on any atom is 0.0110 e. The van der Waals surface area contributed by atoms with Gasteiger partial charge in [-0.3, -0.25) is 4.90 Å². The fourth-order valence-corrected chi connectivity index (χ4v) is 1.81. The van der Waals surface area contributed by atoms with Crippen molar-refractivity contribution < 1.29 is 0 Å². The van der Waals surface area contributed by atoms with Gasteiger partial charge in [-0.15, -0.1) is 0 Å². The van der Waals surface area contributed by atoms with Crippen molar-refractivity contribution in [2.75, 3.05) is 45.8 Å². The van der Waals surface area contributed by atoms with Gasteiger partial charge < -0.3 is 16.4 Å². The number of piperazine rings is 1. The highest BCUT2D eigenvalue weighted by Gasteiger charge is 2.15. The lowest BCUT2D eigenvalue weighted by Gasteiger charge is -2.34. The summed E-state index contributed by atoms with van der Waals surface area (Å²) in [5.41, 5.74) is 11.3. The largest absolute Gasteiger partial charge is 0.329 e. The third-order valence-electron chi connectivity index (χ3n) is 2.81. The van der Waals surface area contributed by atoms with E-state index in [1.54, 1.807) is 0 Å². The molecule has 1 atom stereocenters. The molecule has 1 heterocycles. The summed E-state index contributed by atoms with van der Waals surface area (Å²) in [6, 6.07) is 0.331. The first-order valence-corrected chi connectivity index (χ1v) is 5.62.